The Bertz CT molecular complexity index is 225. The summed E-state index contributed by atoms with van der Waals surface area (Å²) in [6, 6.07) is 0. The van der Waals surface area contributed by atoms with Crippen molar-refractivity contribution in [1.29, 1.82) is 0 Å². The Morgan fingerprint density at radius 3 is 2.62 bits per heavy atom. The molecule has 0 spiro atoms. The lowest BCUT2D eigenvalue weighted by atomic mass is 9.70. The molecule has 2 aliphatic rings. The van der Waals surface area contributed by atoms with Gasteiger partial charge in [-0.3, -0.25) is 0 Å². The summed E-state index contributed by atoms with van der Waals surface area (Å²) in [5.41, 5.74) is 6.50. The van der Waals surface area contributed by atoms with Crippen molar-refractivity contribution < 1.29 is 0 Å². The molecule has 2 aliphatic carbocycles. The van der Waals surface area contributed by atoms with Crippen LogP contribution in [0.4, 0.5) is 0 Å². The van der Waals surface area contributed by atoms with Gasteiger partial charge in [0.25, 0.3) is 0 Å². The van der Waals surface area contributed by atoms with Crippen LogP contribution in [0.25, 0.3) is 0 Å². The van der Waals surface area contributed by atoms with Crippen molar-refractivity contribution >= 4 is 0 Å². The van der Waals surface area contributed by atoms with Crippen LogP contribution in [0.5, 0.6) is 0 Å². The minimum absolute atomic E-state index is 0.432. The maximum absolute atomic E-state index is 6.07. The topological polar surface area (TPSA) is 29.3 Å². The van der Waals surface area contributed by atoms with Gasteiger partial charge in [-0.1, -0.05) is 19.8 Å². The highest BCUT2D eigenvalue weighted by atomic mass is 15.1. The Labute approximate surface area is 101 Å². The highest BCUT2D eigenvalue weighted by Gasteiger charge is 2.35. The molecule has 0 saturated heterocycles. The van der Waals surface area contributed by atoms with Gasteiger partial charge >= 0.3 is 0 Å². The van der Waals surface area contributed by atoms with Gasteiger partial charge in [0.1, 0.15) is 0 Å². The first-order valence-corrected chi connectivity index (χ1v) is 7.02. The van der Waals surface area contributed by atoms with Crippen LogP contribution < -0.4 is 5.73 Å². The van der Waals surface area contributed by atoms with E-state index in [0.717, 1.165) is 18.4 Å². The first-order chi connectivity index (χ1) is 7.63. The van der Waals surface area contributed by atoms with Gasteiger partial charge in [-0.15, -0.1) is 0 Å². The standard InChI is InChI=1S/C14H28N2/c1-12-4-3-7-14(8-12,10-15)11-16(2)9-13-5-6-13/h12-13H,3-11,15H2,1-2H3. The minimum Gasteiger partial charge on any atom is -0.330 e. The molecular formula is C14H28N2. The van der Waals surface area contributed by atoms with Crippen LogP contribution in [0.3, 0.4) is 0 Å². The highest BCUT2D eigenvalue weighted by Crippen LogP contribution is 2.39. The summed E-state index contributed by atoms with van der Waals surface area (Å²) in [5.74, 6) is 1.88. The molecule has 2 rings (SSSR count). The van der Waals surface area contributed by atoms with Gasteiger partial charge in [-0.05, 0) is 56.5 Å². The van der Waals surface area contributed by atoms with Crippen molar-refractivity contribution in [3.8, 4) is 0 Å². The summed E-state index contributed by atoms with van der Waals surface area (Å²) in [5, 5.41) is 0. The minimum atomic E-state index is 0.432. The maximum atomic E-state index is 6.07. The Balaban J connectivity index is 1.86. The molecule has 2 fully saturated rings. The number of hydrogen-bond donors (Lipinski definition) is 1. The fourth-order valence-corrected chi connectivity index (χ4v) is 3.54. The molecule has 94 valence electrons. The van der Waals surface area contributed by atoms with E-state index in [1.807, 2.05) is 0 Å². The molecule has 16 heavy (non-hydrogen) atoms. The van der Waals surface area contributed by atoms with Gasteiger partial charge in [-0.2, -0.15) is 0 Å². The molecule has 2 atom stereocenters. The normalized spacial score (nSPS) is 35.6. The smallest absolute Gasteiger partial charge is 0.00472 e. The van der Waals surface area contributed by atoms with Gasteiger partial charge in [0.15, 0.2) is 0 Å². The molecule has 2 heteroatoms. The van der Waals surface area contributed by atoms with Crippen molar-refractivity contribution in [2.75, 3.05) is 26.7 Å². The summed E-state index contributed by atoms with van der Waals surface area (Å²) < 4.78 is 0. The molecular weight excluding hydrogens is 196 g/mol. The Kier molecular flexibility index (Phi) is 3.91. The molecule has 2 unspecified atom stereocenters. The second-order valence-electron chi connectivity index (χ2n) is 6.55. The summed E-state index contributed by atoms with van der Waals surface area (Å²) in [6.45, 7) is 5.80. The molecule has 2 saturated carbocycles. The molecule has 0 aromatic heterocycles. The number of nitrogens with zero attached hydrogens (tertiary/aromatic N) is 1. The van der Waals surface area contributed by atoms with E-state index in [-0.39, 0.29) is 0 Å². The number of rotatable bonds is 5. The zero-order chi connectivity index (χ0) is 11.6. The van der Waals surface area contributed by atoms with Crippen LogP contribution in [0.1, 0.15) is 45.4 Å². The second-order valence-corrected chi connectivity index (χ2v) is 6.55. The van der Waals surface area contributed by atoms with E-state index in [2.05, 4.69) is 18.9 Å². The predicted molar refractivity (Wildman–Crippen MR) is 69.3 cm³/mol. The van der Waals surface area contributed by atoms with Crippen molar-refractivity contribution in [3.63, 3.8) is 0 Å². The average molecular weight is 224 g/mol. The lowest BCUT2D eigenvalue weighted by Gasteiger charge is -2.42. The molecule has 0 amide bonds. The van der Waals surface area contributed by atoms with E-state index >= 15 is 0 Å². The molecule has 2 nitrogen and oxygen atoms in total. The first kappa shape index (κ1) is 12.4. The predicted octanol–water partition coefficient (Wildman–Crippen LogP) is 2.48. The third kappa shape index (κ3) is 3.21. The lowest BCUT2D eigenvalue weighted by molar-refractivity contribution is 0.0991. The molecule has 0 bridgehead atoms. The van der Waals surface area contributed by atoms with E-state index in [0.29, 0.717) is 5.41 Å². The largest absolute Gasteiger partial charge is 0.330 e. The van der Waals surface area contributed by atoms with Gasteiger partial charge in [0.05, 0.1) is 0 Å². The zero-order valence-electron chi connectivity index (χ0n) is 11.0. The third-order valence-corrected chi connectivity index (χ3v) is 4.49. The molecule has 0 heterocycles. The molecule has 0 aliphatic heterocycles. The molecule has 0 aromatic carbocycles. The van der Waals surface area contributed by atoms with Gasteiger partial charge < -0.3 is 10.6 Å². The van der Waals surface area contributed by atoms with Crippen molar-refractivity contribution in [3.05, 3.63) is 0 Å². The van der Waals surface area contributed by atoms with Crippen molar-refractivity contribution in [1.82, 2.24) is 4.90 Å². The monoisotopic (exact) mass is 224 g/mol. The van der Waals surface area contributed by atoms with Gasteiger partial charge in [0, 0.05) is 13.1 Å². The third-order valence-electron chi connectivity index (χ3n) is 4.49. The Hall–Kier alpha value is -0.0800. The highest BCUT2D eigenvalue weighted by molar-refractivity contribution is 4.89. The molecule has 0 aromatic rings. The Morgan fingerprint density at radius 1 is 1.31 bits per heavy atom. The summed E-state index contributed by atoms with van der Waals surface area (Å²) in [7, 11) is 2.29. The lowest BCUT2D eigenvalue weighted by Crippen LogP contribution is -2.44. The quantitative estimate of drug-likeness (QED) is 0.777. The number of nitrogens with two attached hydrogens (primary N) is 1. The van der Waals surface area contributed by atoms with Crippen molar-refractivity contribution in [2.45, 2.75) is 45.4 Å². The SMILES string of the molecule is CC1CCCC(CN)(CN(C)CC2CC2)C1. The number of hydrogen-bond acceptors (Lipinski definition) is 2. The molecule has 2 N–H and O–H groups in total. The fourth-order valence-electron chi connectivity index (χ4n) is 3.54. The summed E-state index contributed by atoms with van der Waals surface area (Å²) in [4.78, 5) is 2.54. The maximum Gasteiger partial charge on any atom is 0.00472 e. The first-order valence-electron chi connectivity index (χ1n) is 7.02. The fraction of sp³-hybridized carbons (Fsp3) is 1.00. The van der Waals surface area contributed by atoms with Crippen LogP contribution in [-0.2, 0) is 0 Å². The van der Waals surface area contributed by atoms with Crippen LogP contribution in [0.2, 0.25) is 0 Å². The van der Waals surface area contributed by atoms with Crippen molar-refractivity contribution in [2.24, 2.45) is 23.0 Å². The van der Waals surface area contributed by atoms with Crippen LogP contribution >= 0.6 is 0 Å². The van der Waals surface area contributed by atoms with E-state index in [9.17, 15) is 0 Å². The Morgan fingerprint density at radius 2 is 2.06 bits per heavy atom. The molecule has 0 radical (unpaired) electrons. The van der Waals surface area contributed by atoms with Gasteiger partial charge in [-0.25, -0.2) is 0 Å². The summed E-state index contributed by atoms with van der Waals surface area (Å²) in [6.07, 6.45) is 8.40. The van der Waals surface area contributed by atoms with E-state index in [1.165, 1.54) is 51.6 Å². The van der Waals surface area contributed by atoms with Gasteiger partial charge in [0.2, 0.25) is 0 Å². The van der Waals surface area contributed by atoms with E-state index in [1.54, 1.807) is 0 Å². The van der Waals surface area contributed by atoms with E-state index in [4.69, 9.17) is 5.73 Å². The van der Waals surface area contributed by atoms with Crippen LogP contribution in [0, 0.1) is 17.3 Å². The average Bonchev–Trinajstić information content (AvgIpc) is 3.01. The zero-order valence-corrected chi connectivity index (χ0v) is 11.0. The second kappa shape index (κ2) is 5.05. The van der Waals surface area contributed by atoms with E-state index < -0.39 is 0 Å². The summed E-state index contributed by atoms with van der Waals surface area (Å²) >= 11 is 0. The van der Waals surface area contributed by atoms with Crippen LogP contribution in [-0.4, -0.2) is 31.6 Å². The van der Waals surface area contributed by atoms with Crippen LogP contribution in [0.15, 0.2) is 0 Å².